The predicted molar refractivity (Wildman–Crippen MR) is 537 cm³/mol. The number of aliphatic hydroxyl groups is 1. The van der Waals surface area contributed by atoms with E-state index in [0.717, 1.165) is 0 Å². The summed E-state index contributed by atoms with van der Waals surface area (Å²) in [5.41, 5.74) is 12.7. The zero-order valence-electron chi connectivity index (χ0n) is 77.1. The maximum Gasteiger partial charge on any atom is 0.191 e. The third-order valence-electron chi connectivity index (χ3n) is 20.7. The quantitative estimate of drug-likeness (QED) is 0.00989. The normalized spacial score (nSPS) is 12.9. The number of nitrogens with zero attached hydrogens (tertiary/aromatic N) is 9. The molecule has 0 aliphatic carbocycles. The van der Waals surface area contributed by atoms with Gasteiger partial charge >= 0.3 is 0 Å². The summed E-state index contributed by atoms with van der Waals surface area (Å²) in [6.07, 6.45) is -0.247. The third kappa shape index (κ3) is 30.7. The van der Waals surface area contributed by atoms with Gasteiger partial charge in [-0.25, -0.2) is 78.2 Å². The van der Waals surface area contributed by atoms with Gasteiger partial charge in [0.25, 0.3) is 0 Å². The van der Waals surface area contributed by atoms with Crippen LogP contribution in [0.15, 0.2) is 205 Å². The summed E-state index contributed by atoms with van der Waals surface area (Å²) in [6, 6.07) is 48.5. The molecule has 0 fully saturated rings. The van der Waals surface area contributed by atoms with Gasteiger partial charge in [-0.05, 0) is 247 Å². The number of aromatic nitrogens is 6. The Bertz CT molecular complexity index is 6360. The van der Waals surface area contributed by atoms with Crippen LogP contribution >= 0.6 is 117 Å². The highest BCUT2D eigenvalue weighted by Gasteiger charge is 2.34. The molecular formula is C100H90Br3Cl6F11N10O11. The van der Waals surface area contributed by atoms with Crippen LogP contribution in [0.5, 0.6) is 46.0 Å². The lowest BCUT2D eigenvalue weighted by Gasteiger charge is -2.21. The molecule has 6 heterocycles. The van der Waals surface area contributed by atoms with Crippen molar-refractivity contribution in [3.05, 3.63) is 315 Å². The van der Waals surface area contributed by atoms with Crippen molar-refractivity contribution in [1.82, 2.24) is 29.9 Å². The van der Waals surface area contributed by atoms with Gasteiger partial charge in [-0.3, -0.25) is 9.59 Å². The molecule has 0 amide bonds. The number of hydrogen-bond donors (Lipinski definition) is 2. The molecule has 13 aromatic rings. The Morgan fingerprint density at radius 3 is 0.965 bits per heavy atom. The molecule has 41 heteroatoms. The van der Waals surface area contributed by atoms with Gasteiger partial charge in [-0.1, -0.05) is 123 Å². The second-order valence-corrected chi connectivity index (χ2v) is 35.2. The molecule has 6 aromatic heterocycles. The van der Waals surface area contributed by atoms with E-state index in [2.05, 4.69) is 87.7 Å². The Hall–Kier alpha value is -11.2. The van der Waals surface area contributed by atoms with Crippen molar-refractivity contribution in [2.24, 2.45) is 10.8 Å². The monoisotopic (exact) mass is 2260 g/mol. The first-order valence-corrected chi connectivity index (χ1v) is 47.3. The van der Waals surface area contributed by atoms with Crippen molar-refractivity contribution in [3.8, 4) is 114 Å². The number of pyridine rings is 6. The maximum absolute atomic E-state index is 15.7. The number of hydrogen-bond acceptors (Lipinski definition) is 19. The first kappa shape index (κ1) is 115. The number of alkyl halides is 8. The SMILES string of the molecule is COc1cc(C(=O)CCC(C)(F)c2ccc(OC)c(-c3ccc(F)c(Cl)c3)n2)ccc1OCCF.COc1ccc(C(=O)CBr)nc1-c1ccc(F)c(Cl)c1.COc1ccc(C(C)(F)CBr)nc1-c1ccc(F)c(Cl)c1.COc1ccc(C(C)(F)CN)nc1-c1ccc(F)c(Cl)c1.COc1ccc(C(C)(F)CN=[N+]=[N-])nc1-c1ccc(F)c(Cl)c1.COc1ccc(C(C)(O)CBr)nc1-c1ccc(F)c(Cl)c1. The molecule has 0 saturated carbocycles. The average Bonchev–Trinajstić information content (AvgIpc) is 0.805. The number of azide groups is 1. The summed E-state index contributed by atoms with van der Waals surface area (Å²) >= 11 is 44.3. The van der Waals surface area contributed by atoms with Crippen LogP contribution in [-0.4, -0.2) is 139 Å². The fourth-order valence-corrected chi connectivity index (χ4v) is 14.6. The number of halogens is 20. The lowest BCUT2D eigenvalue weighted by atomic mass is 9.93. The number of ether oxygens (including phenoxy) is 8. The van der Waals surface area contributed by atoms with Crippen molar-refractivity contribution < 1.29 is 101 Å². The van der Waals surface area contributed by atoms with Crippen LogP contribution in [0.4, 0.5) is 48.3 Å². The molecular weight excluding hydrogens is 2180 g/mol. The fraction of sp³-hybridized carbons (Fsp3) is 0.260. The Morgan fingerprint density at radius 1 is 0.383 bits per heavy atom. The van der Waals surface area contributed by atoms with Gasteiger partial charge in [0.15, 0.2) is 40.1 Å². The van der Waals surface area contributed by atoms with Crippen LogP contribution in [0.1, 0.15) is 96.8 Å². The van der Waals surface area contributed by atoms with Gasteiger partial charge in [-0.15, -0.1) is 0 Å². The molecule has 0 aliphatic rings. The molecule has 141 heavy (non-hydrogen) atoms. The zero-order chi connectivity index (χ0) is 104. The number of carbonyl (C=O) groups excluding carboxylic acids is 2. The number of benzene rings is 7. The van der Waals surface area contributed by atoms with Gasteiger partial charge in [-0.2, -0.15) is 0 Å². The van der Waals surface area contributed by atoms with E-state index in [9.17, 15) is 58.6 Å². The van der Waals surface area contributed by atoms with Crippen molar-refractivity contribution in [2.45, 2.75) is 75.7 Å². The van der Waals surface area contributed by atoms with Crippen molar-refractivity contribution in [2.75, 3.05) is 92.1 Å². The molecule has 3 N–H and O–H groups in total. The molecule has 7 aromatic carbocycles. The number of carbonyl (C=O) groups is 2. The van der Waals surface area contributed by atoms with Crippen molar-refractivity contribution in [1.29, 1.82) is 0 Å². The smallest absolute Gasteiger partial charge is 0.191 e. The molecule has 746 valence electrons. The topological polar surface area (TPSA) is 280 Å². The van der Waals surface area contributed by atoms with Crippen LogP contribution in [-0.2, 0) is 28.3 Å². The van der Waals surface area contributed by atoms with E-state index in [1.165, 1.54) is 217 Å². The van der Waals surface area contributed by atoms with E-state index in [1.54, 1.807) is 67.6 Å². The lowest BCUT2D eigenvalue weighted by molar-refractivity contribution is 0.0805. The van der Waals surface area contributed by atoms with Crippen LogP contribution in [0.2, 0.25) is 30.1 Å². The van der Waals surface area contributed by atoms with Crippen molar-refractivity contribution >= 4 is 129 Å². The Labute approximate surface area is 860 Å². The van der Waals surface area contributed by atoms with Crippen LogP contribution < -0.4 is 43.6 Å². The van der Waals surface area contributed by atoms with E-state index in [-0.39, 0.29) is 107 Å². The number of methoxy groups -OCH3 is 7. The first-order valence-electron chi connectivity index (χ1n) is 41.7. The molecule has 0 saturated heterocycles. The van der Waals surface area contributed by atoms with E-state index < -0.39 is 76.4 Å². The van der Waals surface area contributed by atoms with Crippen molar-refractivity contribution in [3.63, 3.8) is 0 Å². The molecule has 21 nitrogen and oxygen atoms in total. The van der Waals surface area contributed by atoms with E-state index in [1.807, 2.05) is 0 Å². The second-order valence-electron chi connectivity index (χ2n) is 31.1. The molecule has 13 rings (SSSR count). The van der Waals surface area contributed by atoms with Gasteiger partial charge < -0.3 is 48.7 Å². The highest BCUT2D eigenvalue weighted by atomic mass is 79.9. The summed E-state index contributed by atoms with van der Waals surface area (Å²) in [5.74, 6) is -0.412. The molecule has 0 spiro atoms. The molecule has 0 radical (unpaired) electrons. The average molecular weight is 2270 g/mol. The van der Waals surface area contributed by atoms with Crippen LogP contribution in [0.25, 0.3) is 78.0 Å². The maximum atomic E-state index is 15.7. The molecule has 5 unspecified atom stereocenters. The van der Waals surface area contributed by atoms with Gasteiger partial charge in [0.2, 0.25) is 0 Å². The lowest BCUT2D eigenvalue weighted by Crippen LogP contribution is -2.27. The van der Waals surface area contributed by atoms with Gasteiger partial charge in [0, 0.05) is 67.5 Å². The van der Waals surface area contributed by atoms with Gasteiger partial charge in [0.1, 0.15) is 134 Å². The summed E-state index contributed by atoms with van der Waals surface area (Å²) in [6.45, 7) is 5.64. The predicted octanol–water partition coefficient (Wildman–Crippen LogP) is 28.9. The minimum absolute atomic E-state index is 0.00834. The minimum Gasteiger partial charge on any atom is -0.494 e. The van der Waals surface area contributed by atoms with Crippen LogP contribution in [0, 0.1) is 34.9 Å². The first-order chi connectivity index (χ1) is 66.8. The third-order valence-corrected chi connectivity index (χ3v) is 25.1. The van der Waals surface area contributed by atoms with Crippen LogP contribution in [0.3, 0.4) is 0 Å². The van der Waals surface area contributed by atoms with E-state index in [0.29, 0.717) is 130 Å². The van der Waals surface area contributed by atoms with E-state index >= 15 is 4.39 Å². The highest BCUT2D eigenvalue weighted by Crippen LogP contribution is 2.43. The standard InChI is InChI=1S/C26H25ClF3NO4.C15H13BrClF2NO.C15H14BrClFNO2.C15H13ClF2N4O.C15H15ClF2N2O.C14H10BrClFNO2/c1-26(30,11-10-20(32)16-5-7-21(35-13-12-28)23(15-16)34-3)24-9-8-22(33-2)25(31-24)17-4-6-19(29)18(27)14-17;1-15(19,8-16)13-6-5-12(21-2)14(20-13)9-3-4-11(18)10(17)7-9;1-15(20,8-16)13-6-5-12(21-2)14(19-13)9-3-4-11(18)10(17)7-9;1-15(18,8-20-22-19)13-6-5-12(23-2)14(21-13)9-3-4-11(17)10(16)7-9;1-15(18,8-19)13-6-5-12(21-2)14(20-13)9-3-4-11(17)10(16)7-9;1-20-13-5-4-11(12(19)7-15)18-14(13)8-2-3-10(17)9(16)6-8/h4-9,14-15H,10-13H2,1-3H3;3-7H,8H2,1-2H3;3-7,20H,8H2,1-2H3;3-7H,8H2,1-2H3;3-7H,8,19H2,1-2H3;2-6H,7H2,1H3. The minimum atomic E-state index is -1.95. The summed E-state index contributed by atoms with van der Waals surface area (Å²) < 4.78 is 193. The number of Topliss-reactive ketones (excluding diaryl/α,β-unsaturated/α-hetero) is 2. The molecule has 0 bridgehead atoms. The van der Waals surface area contributed by atoms with E-state index in [4.69, 9.17) is 119 Å². The molecule has 0 aliphatic heterocycles. The Balaban J connectivity index is 0.000000210. The Kier molecular flexibility index (Phi) is 43.0. The Morgan fingerprint density at radius 2 is 0.674 bits per heavy atom. The summed E-state index contributed by atoms with van der Waals surface area (Å²) in [7, 11) is 10.3. The molecule has 5 atom stereocenters. The number of nitrogens with two attached hydrogens (primary N) is 1. The fourth-order valence-electron chi connectivity index (χ4n) is 12.7. The summed E-state index contributed by atoms with van der Waals surface area (Å²) in [4.78, 5) is 52.9. The largest absolute Gasteiger partial charge is 0.494 e. The second kappa shape index (κ2) is 52.7. The zero-order valence-corrected chi connectivity index (χ0v) is 86.4. The summed E-state index contributed by atoms with van der Waals surface area (Å²) in [5, 5.41) is 13.9. The highest BCUT2D eigenvalue weighted by molar-refractivity contribution is 9.09. The number of ketones is 2. The number of rotatable bonds is 32. The van der Waals surface area contributed by atoms with Gasteiger partial charge in [0.05, 0.1) is 120 Å².